The lowest BCUT2D eigenvalue weighted by Gasteiger charge is -2.27. The minimum absolute atomic E-state index is 0.102. The van der Waals surface area contributed by atoms with Gasteiger partial charge in [-0.05, 0) is 102 Å². The van der Waals surface area contributed by atoms with Gasteiger partial charge in [0.1, 0.15) is 22.9 Å². The van der Waals surface area contributed by atoms with Crippen molar-refractivity contribution in [3.8, 4) is 34.3 Å². The largest absolute Gasteiger partial charge is 0.489 e. The molecule has 64 heavy (non-hydrogen) atoms. The molecule has 16 nitrogen and oxygen atoms in total. The molecular weight excluding hydrogens is 817 g/mol. The number of hydrogen-bond acceptors (Lipinski definition) is 12. The lowest BCUT2D eigenvalue weighted by atomic mass is 9.87. The van der Waals surface area contributed by atoms with E-state index in [1.807, 2.05) is 87.6 Å². The predicted molar refractivity (Wildman–Crippen MR) is 238 cm³/mol. The van der Waals surface area contributed by atoms with Crippen LogP contribution in [0.4, 0.5) is 0 Å². The van der Waals surface area contributed by atoms with Gasteiger partial charge in [-0.25, -0.2) is 19.3 Å². The maximum Gasteiger partial charge on any atom is 0.306 e. The Hall–Kier alpha value is -6.52. The van der Waals surface area contributed by atoms with Crippen molar-refractivity contribution in [1.29, 1.82) is 0 Å². The molecule has 4 heterocycles. The standard InChI is InChI=1S/C24H28N4O4.C17H22N4O4.C7H8/c1-16-22(32-19-10-6-9-18(13-19)24(29)30)12-11-20(25-16)23-21(28(2)27-26-23)15-31-14-17-7-4-3-5-8-17;1-10-15(25-12-5-3-4-11(8-12)17(23)24)7-6-13(18-10)16-14(9-22)21(2)20-19-16;1-7-5-3-2-4-6-7/h3-5,7-8,11-12,18-19H,6,9-10,13-15H2,1-2H3,(H,29,30);6-7,11-12,22H,3-5,8-9H2,1-2H3,(H,23,24);2-6H,1H3/t18-,19-;11-,12-;/m00./s1. The Morgan fingerprint density at radius 3 is 1.53 bits per heavy atom. The van der Waals surface area contributed by atoms with Gasteiger partial charge in [-0.3, -0.25) is 9.59 Å². The van der Waals surface area contributed by atoms with E-state index in [2.05, 4.69) is 44.7 Å². The van der Waals surface area contributed by atoms with Gasteiger partial charge in [0.05, 0.1) is 78.0 Å². The molecule has 16 heteroatoms. The zero-order valence-electron chi connectivity index (χ0n) is 37.1. The van der Waals surface area contributed by atoms with E-state index in [4.69, 9.17) is 19.2 Å². The molecule has 2 aliphatic rings. The summed E-state index contributed by atoms with van der Waals surface area (Å²) in [6, 6.07) is 27.6. The van der Waals surface area contributed by atoms with Crippen LogP contribution in [0.1, 0.15) is 85.3 Å². The molecule has 4 atom stereocenters. The van der Waals surface area contributed by atoms with Gasteiger partial charge in [-0.1, -0.05) is 76.7 Å². The number of carboxylic acid groups (broad SMARTS) is 2. The summed E-state index contributed by atoms with van der Waals surface area (Å²) in [4.78, 5) is 31.7. The molecule has 0 amide bonds. The van der Waals surface area contributed by atoms with Crippen molar-refractivity contribution in [1.82, 2.24) is 40.0 Å². The normalized spacial score (nSPS) is 18.2. The van der Waals surface area contributed by atoms with Crippen LogP contribution in [0.2, 0.25) is 0 Å². The molecule has 2 aliphatic carbocycles. The number of aliphatic hydroxyl groups excluding tert-OH is 1. The number of aliphatic carboxylic acids is 2. The molecule has 2 fully saturated rings. The summed E-state index contributed by atoms with van der Waals surface area (Å²) in [7, 11) is 3.55. The molecule has 2 aromatic carbocycles. The van der Waals surface area contributed by atoms with Gasteiger partial charge >= 0.3 is 11.9 Å². The summed E-state index contributed by atoms with van der Waals surface area (Å²) in [5.74, 6) is -0.840. The van der Waals surface area contributed by atoms with E-state index in [1.54, 1.807) is 17.8 Å². The molecule has 0 bridgehead atoms. The van der Waals surface area contributed by atoms with Crippen molar-refractivity contribution >= 4 is 11.9 Å². The summed E-state index contributed by atoms with van der Waals surface area (Å²) in [6.07, 6.45) is 5.69. The topological polar surface area (TPSA) is 210 Å². The molecule has 0 aliphatic heterocycles. The first-order valence-electron chi connectivity index (χ1n) is 21.7. The monoisotopic (exact) mass is 874 g/mol. The molecule has 0 unspecified atom stereocenters. The predicted octanol–water partition coefficient (Wildman–Crippen LogP) is 7.62. The fraction of sp³-hybridized carbons (Fsp3) is 0.417. The second-order valence-electron chi connectivity index (χ2n) is 16.3. The number of carbonyl (C=O) groups is 2. The van der Waals surface area contributed by atoms with E-state index in [0.717, 1.165) is 42.6 Å². The maximum absolute atomic E-state index is 11.3. The van der Waals surface area contributed by atoms with Crippen LogP contribution in [0.15, 0.2) is 84.9 Å². The minimum Gasteiger partial charge on any atom is -0.489 e. The molecule has 2 saturated carbocycles. The van der Waals surface area contributed by atoms with E-state index in [9.17, 15) is 24.9 Å². The van der Waals surface area contributed by atoms with Crippen LogP contribution in [0.3, 0.4) is 0 Å². The summed E-state index contributed by atoms with van der Waals surface area (Å²) in [5, 5.41) is 44.4. The molecule has 3 N–H and O–H groups in total. The Bertz CT molecular complexity index is 2440. The van der Waals surface area contributed by atoms with E-state index in [-0.39, 0.29) is 30.7 Å². The number of pyridine rings is 2. The Balaban J connectivity index is 0.000000188. The number of carboxylic acids is 2. The van der Waals surface area contributed by atoms with Crippen LogP contribution in [-0.2, 0) is 48.2 Å². The van der Waals surface area contributed by atoms with Gasteiger partial charge < -0.3 is 29.5 Å². The van der Waals surface area contributed by atoms with Crippen molar-refractivity contribution in [3.63, 3.8) is 0 Å². The highest BCUT2D eigenvalue weighted by atomic mass is 16.5. The van der Waals surface area contributed by atoms with Crippen LogP contribution >= 0.6 is 0 Å². The summed E-state index contributed by atoms with van der Waals surface area (Å²) < 4.78 is 21.2. The second-order valence-corrected chi connectivity index (χ2v) is 16.3. The Morgan fingerprint density at radius 1 is 0.625 bits per heavy atom. The first-order chi connectivity index (χ1) is 30.9. The molecule has 6 aromatic rings. The van der Waals surface area contributed by atoms with Gasteiger partial charge in [0, 0.05) is 14.1 Å². The van der Waals surface area contributed by atoms with Crippen molar-refractivity contribution < 1.29 is 39.1 Å². The van der Waals surface area contributed by atoms with Crippen LogP contribution in [0, 0.1) is 32.6 Å². The van der Waals surface area contributed by atoms with Crippen LogP contribution in [0.5, 0.6) is 11.5 Å². The molecule has 8 rings (SSSR count). The Labute approximate surface area is 373 Å². The van der Waals surface area contributed by atoms with Crippen LogP contribution in [0.25, 0.3) is 22.8 Å². The highest BCUT2D eigenvalue weighted by molar-refractivity contribution is 5.70. The molecular formula is C48H58N8O8. The van der Waals surface area contributed by atoms with E-state index < -0.39 is 11.9 Å². The number of aliphatic hydroxyl groups is 1. The Morgan fingerprint density at radius 2 is 1.09 bits per heavy atom. The fourth-order valence-corrected chi connectivity index (χ4v) is 7.79. The highest BCUT2D eigenvalue weighted by Crippen LogP contribution is 2.32. The number of benzene rings is 2. The van der Waals surface area contributed by atoms with E-state index >= 15 is 0 Å². The van der Waals surface area contributed by atoms with Gasteiger partial charge in [-0.2, -0.15) is 0 Å². The average Bonchev–Trinajstić information content (AvgIpc) is 3.87. The molecule has 0 spiro atoms. The first kappa shape index (κ1) is 47.0. The van der Waals surface area contributed by atoms with Crippen molar-refractivity contribution in [3.05, 3.63) is 119 Å². The van der Waals surface area contributed by atoms with Gasteiger partial charge in [-0.15, -0.1) is 10.2 Å². The minimum atomic E-state index is -0.752. The van der Waals surface area contributed by atoms with Crippen LogP contribution in [-0.4, -0.2) is 79.4 Å². The first-order valence-corrected chi connectivity index (χ1v) is 21.7. The summed E-state index contributed by atoms with van der Waals surface area (Å²) in [5.41, 5.74) is 7.85. The third-order valence-corrected chi connectivity index (χ3v) is 11.4. The van der Waals surface area contributed by atoms with Gasteiger partial charge in [0.25, 0.3) is 0 Å². The number of aryl methyl sites for hydroxylation is 5. The number of aromatic nitrogens is 8. The highest BCUT2D eigenvalue weighted by Gasteiger charge is 2.30. The third kappa shape index (κ3) is 12.8. The molecule has 4 aromatic heterocycles. The van der Waals surface area contributed by atoms with Gasteiger partial charge in [0.15, 0.2) is 0 Å². The summed E-state index contributed by atoms with van der Waals surface area (Å²) in [6.45, 7) is 6.51. The number of hydrogen-bond donors (Lipinski definition) is 3. The number of rotatable bonds is 13. The molecule has 0 saturated heterocycles. The zero-order valence-corrected chi connectivity index (χ0v) is 37.1. The maximum atomic E-state index is 11.3. The fourth-order valence-electron chi connectivity index (χ4n) is 7.79. The zero-order chi connectivity index (χ0) is 45.6. The van der Waals surface area contributed by atoms with Crippen molar-refractivity contribution in [2.24, 2.45) is 25.9 Å². The molecule has 338 valence electrons. The average molecular weight is 875 g/mol. The lowest BCUT2D eigenvalue weighted by molar-refractivity contribution is -0.144. The third-order valence-electron chi connectivity index (χ3n) is 11.4. The Kier molecular flexibility index (Phi) is 16.7. The van der Waals surface area contributed by atoms with E-state index in [1.165, 1.54) is 10.2 Å². The number of ether oxygens (including phenoxy) is 3. The smallest absolute Gasteiger partial charge is 0.306 e. The number of nitrogens with zero attached hydrogens (tertiary/aromatic N) is 8. The molecule has 0 radical (unpaired) electrons. The lowest BCUT2D eigenvalue weighted by Crippen LogP contribution is -2.29. The second kappa shape index (κ2) is 22.7. The summed E-state index contributed by atoms with van der Waals surface area (Å²) >= 11 is 0. The van der Waals surface area contributed by atoms with Crippen molar-refractivity contribution in [2.45, 2.75) is 104 Å². The van der Waals surface area contributed by atoms with E-state index in [0.29, 0.717) is 84.6 Å². The SMILES string of the molecule is Cc1ccccc1.Cc1nc(-c2nnn(C)c2CO)ccc1O[C@H]1CCC[C@H](C(=O)O)C1.Cc1nc(-c2nnn(C)c2COCc2ccccc2)ccc1O[C@H]1CCC[C@H](C(=O)O)C1. The van der Waals surface area contributed by atoms with Crippen LogP contribution < -0.4 is 9.47 Å². The quantitative estimate of drug-likeness (QED) is 0.102. The van der Waals surface area contributed by atoms with Crippen molar-refractivity contribution in [2.75, 3.05) is 0 Å². The van der Waals surface area contributed by atoms with Gasteiger partial charge in [0.2, 0.25) is 0 Å².